The second kappa shape index (κ2) is 7.44. The molecule has 3 nitrogen and oxygen atoms in total. The second-order valence-corrected chi connectivity index (χ2v) is 5.90. The first-order chi connectivity index (χ1) is 9.72. The van der Waals surface area contributed by atoms with Crippen molar-refractivity contribution < 1.29 is 4.79 Å². The first-order valence-electron chi connectivity index (χ1n) is 7.72. The monoisotopic (exact) mass is 274 g/mol. The van der Waals surface area contributed by atoms with Gasteiger partial charge < -0.3 is 10.6 Å². The Morgan fingerprint density at radius 2 is 1.90 bits per heavy atom. The minimum atomic E-state index is 0.00705. The molecule has 1 aliphatic carbocycles. The van der Waals surface area contributed by atoms with Gasteiger partial charge in [-0.3, -0.25) is 4.79 Å². The maximum atomic E-state index is 12.3. The highest BCUT2D eigenvalue weighted by Crippen LogP contribution is 2.35. The molecule has 0 radical (unpaired) electrons. The lowest BCUT2D eigenvalue weighted by Gasteiger charge is -2.26. The van der Waals surface area contributed by atoms with Gasteiger partial charge in [0.1, 0.15) is 0 Å². The Kier molecular flexibility index (Phi) is 5.60. The molecule has 1 amide bonds. The summed E-state index contributed by atoms with van der Waals surface area (Å²) in [6, 6.07) is 10.6. The van der Waals surface area contributed by atoms with Crippen LogP contribution < -0.4 is 10.6 Å². The van der Waals surface area contributed by atoms with Gasteiger partial charge in [0, 0.05) is 12.5 Å². The van der Waals surface area contributed by atoms with Gasteiger partial charge in [-0.15, -0.1) is 0 Å². The fourth-order valence-corrected chi connectivity index (χ4v) is 3.12. The highest BCUT2D eigenvalue weighted by Gasteiger charge is 2.28. The molecule has 1 fully saturated rings. The van der Waals surface area contributed by atoms with Crippen molar-refractivity contribution >= 4 is 5.91 Å². The average Bonchev–Trinajstić information content (AvgIpc) is 2.99. The molecule has 0 aromatic heterocycles. The van der Waals surface area contributed by atoms with Crippen molar-refractivity contribution in [1.29, 1.82) is 0 Å². The summed E-state index contributed by atoms with van der Waals surface area (Å²) in [4.78, 5) is 12.3. The number of amides is 1. The van der Waals surface area contributed by atoms with Crippen LogP contribution in [0.15, 0.2) is 30.3 Å². The summed E-state index contributed by atoms with van der Waals surface area (Å²) in [6.07, 6.45) is 5.02. The van der Waals surface area contributed by atoms with Gasteiger partial charge in [0.2, 0.25) is 5.91 Å². The van der Waals surface area contributed by atoms with Crippen molar-refractivity contribution in [2.75, 3.05) is 13.6 Å². The van der Waals surface area contributed by atoms with Crippen molar-refractivity contribution in [3.63, 3.8) is 0 Å². The van der Waals surface area contributed by atoms with E-state index >= 15 is 0 Å². The zero-order valence-corrected chi connectivity index (χ0v) is 12.6. The van der Waals surface area contributed by atoms with Crippen LogP contribution in [0.3, 0.4) is 0 Å². The van der Waals surface area contributed by atoms with E-state index in [-0.39, 0.29) is 17.9 Å². The summed E-state index contributed by atoms with van der Waals surface area (Å²) in [5.74, 6) is 0.746. The Labute approximate surface area is 122 Å². The van der Waals surface area contributed by atoms with Crippen molar-refractivity contribution in [3.8, 4) is 0 Å². The predicted octanol–water partition coefficient (Wildman–Crippen LogP) is 2.89. The van der Waals surface area contributed by atoms with Crippen LogP contribution in [0.2, 0.25) is 0 Å². The van der Waals surface area contributed by atoms with Crippen LogP contribution in [0.25, 0.3) is 0 Å². The highest BCUT2D eigenvalue weighted by molar-refractivity contribution is 5.79. The molecule has 0 bridgehead atoms. The largest absolute Gasteiger partial charge is 0.349 e. The Morgan fingerprint density at radius 3 is 2.50 bits per heavy atom. The fraction of sp³-hybridized carbons (Fsp3) is 0.588. The van der Waals surface area contributed by atoms with Crippen LogP contribution in [0, 0.1) is 11.8 Å². The van der Waals surface area contributed by atoms with Gasteiger partial charge >= 0.3 is 0 Å². The zero-order chi connectivity index (χ0) is 14.4. The van der Waals surface area contributed by atoms with E-state index in [0.29, 0.717) is 5.92 Å². The standard InChI is InChI=1S/C17H26N2O/c1-13(12-18-2)17(20)19-16(15-10-6-7-11-15)14-8-4-3-5-9-14/h3-5,8-9,13,15-16,18H,6-7,10-12H2,1-2H3,(H,19,20). The number of carbonyl (C=O) groups is 1. The molecule has 1 aromatic rings. The molecular formula is C17H26N2O. The minimum Gasteiger partial charge on any atom is -0.349 e. The lowest BCUT2D eigenvalue weighted by Crippen LogP contribution is -2.39. The van der Waals surface area contributed by atoms with Gasteiger partial charge in [0.15, 0.2) is 0 Å². The van der Waals surface area contributed by atoms with Crippen LogP contribution in [0.4, 0.5) is 0 Å². The van der Waals surface area contributed by atoms with Crippen molar-refractivity contribution in [1.82, 2.24) is 10.6 Å². The summed E-state index contributed by atoms with van der Waals surface area (Å²) >= 11 is 0. The quantitative estimate of drug-likeness (QED) is 0.837. The number of rotatable bonds is 6. The van der Waals surface area contributed by atoms with Crippen LogP contribution >= 0.6 is 0 Å². The molecule has 20 heavy (non-hydrogen) atoms. The molecule has 1 aliphatic rings. The Balaban J connectivity index is 2.09. The minimum absolute atomic E-state index is 0.00705. The smallest absolute Gasteiger partial charge is 0.224 e. The lowest BCUT2D eigenvalue weighted by atomic mass is 9.91. The van der Waals surface area contributed by atoms with E-state index in [9.17, 15) is 4.79 Å². The molecule has 2 rings (SSSR count). The summed E-state index contributed by atoms with van der Waals surface area (Å²) in [6.45, 7) is 2.69. The molecule has 2 unspecified atom stereocenters. The van der Waals surface area contributed by atoms with E-state index in [2.05, 4.69) is 34.9 Å². The van der Waals surface area contributed by atoms with Gasteiger partial charge in [-0.1, -0.05) is 50.1 Å². The van der Waals surface area contributed by atoms with Crippen LogP contribution in [0.5, 0.6) is 0 Å². The van der Waals surface area contributed by atoms with E-state index in [4.69, 9.17) is 0 Å². The third-order valence-electron chi connectivity index (χ3n) is 4.29. The predicted molar refractivity (Wildman–Crippen MR) is 82.4 cm³/mol. The number of hydrogen-bond donors (Lipinski definition) is 2. The molecule has 0 spiro atoms. The maximum absolute atomic E-state index is 12.3. The first kappa shape index (κ1) is 15.0. The second-order valence-electron chi connectivity index (χ2n) is 5.90. The van der Waals surface area contributed by atoms with Gasteiger partial charge in [-0.2, -0.15) is 0 Å². The summed E-state index contributed by atoms with van der Waals surface area (Å²) < 4.78 is 0. The van der Waals surface area contributed by atoms with Crippen molar-refractivity contribution in [2.24, 2.45) is 11.8 Å². The zero-order valence-electron chi connectivity index (χ0n) is 12.6. The SMILES string of the molecule is CNCC(C)C(=O)NC(c1ccccc1)C1CCCC1. The fourth-order valence-electron chi connectivity index (χ4n) is 3.12. The Morgan fingerprint density at radius 1 is 1.25 bits per heavy atom. The molecule has 2 atom stereocenters. The third-order valence-corrected chi connectivity index (χ3v) is 4.29. The molecular weight excluding hydrogens is 248 g/mol. The maximum Gasteiger partial charge on any atom is 0.224 e. The highest BCUT2D eigenvalue weighted by atomic mass is 16.1. The van der Waals surface area contributed by atoms with E-state index in [1.54, 1.807) is 0 Å². The summed E-state index contributed by atoms with van der Waals surface area (Å²) in [5, 5.41) is 6.35. The first-order valence-corrected chi connectivity index (χ1v) is 7.72. The van der Waals surface area contributed by atoms with Crippen LogP contribution in [-0.4, -0.2) is 19.5 Å². The molecule has 2 N–H and O–H groups in total. The van der Waals surface area contributed by atoms with Crippen molar-refractivity contribution in [2.45, 2.75) is 38.6 Å². The van der Waals surface area contributed by atoms with Crippen LogP contribution in [-0.2, 0) is 4.79 Å². The number of hydrogen-bond acceptors (Lipinski definition) is 2. The summed E-state index contributed by atoms with van der Waals surface area (Å²) in [7, 11) is 1.88. The van der Waals surface area contributed by atoms with Gasteiger partial charge in [0.25, 0.3) is 0 Å². The van der Waals surface area contributed by atoms with Gasteiger partial charge in [0.05, 0.1) is 6.04 Å². The van der Waals surface area contributed by atoms with Gasteiger partial charge in [-0.05, 0) is 31.4 Å². The summed E-state index contributed by atoms with van der Waals surface area (Å²) in [5.41, 5.74) is 1.24. The molecule has 110 valence electrons. The lowest BCUT2D eigenvalue weighted by molar-refractivity contribution is -0.125. The van der Waals surface area contributed by atoms with E-state index in [1.165, 1.54) is 31.2 Å². The molecule has 3 heteroatoms. The normalized spacial score (nSPS) is 18.7. The molecule has 0 saturated heterocycles. The Bertz CT molecular complexity index is 412. The molecule has 0 aliphatic heterocycles. The number of carbonyl (C=O) groups excluding carboxylic acids is 1. The molecule has 1 aromatic carbocycles. The third kappa shape index (κ3) is 3.83. The number of nitrogens with one attached hydrogen (secondary N) is 2. The average molecular weight is 274 g/mol. The topological polar surface area (TPSA) is 41.1 Å². The Hall–Kier alpha value is -1.35. The van der Waals surface area contributed by atoms with Crippen molar-refractivity contribution in [3.05, 3.63) is 35.9 Å². The molecule has 0 heterocycles. The van der Waals surface area contributed by atoms with E-state index in [0.717, 1.165) is 6.54 Å². The molecule has 1 saturated carbocycles. The van der Waals surface area contributed by atoms with E-state index < -0.39 is 0 Å². The van der Waals surface area contributed by atoms with E-state index in [1.807, 2.05) is 20.0 Å². The van der Waals surface area contributed by atoms with Gasteiger partial charge in [-0.25, -0.2) is 0 Å². The number of benzene rings is 1. The van der Waals surface area contributed by atoms with Crippen LogP contribution in [0.1, 0.15) is 44.2 Å².